The van der Waals surface area contributed by atoms with Gasteiger partial charge in [-0.15, -0.1) is 0 Å². The van der Waals surface area contributed by atoms with Gasteiger partial charge in [0.15, 0.2) is 5.72 Å². The van der Waals surface area contributed by atoms with Crippen molar-refractivity contribution in [3.05, 3.63) is 46.5 Å². The van der Waals surface area contributed by atoms with Crippen LogP contribution < -0.4 is 15.0 Å². The van der Waals surface area contributed by atoms with Crippen molar-refractivity contribution in [3.8, 4) is 5.75 Å². The number of amides is 3. The van der Waals surface area contributed by atoms with Crippen LogP contribution in [-0.4, -0.2) is 113 Å². The number of rotatable bonds is 7. The molecule has 2 heterocycles. The summed E-state index contributed by atoms with van der Waals surface area (Å²) in [4.78, 5) is 55.6. The van der Waals surface area contributed by atoms with E-state index in [9.17, 15) is 29.4 Å². The number of nitrogens with zero attached hydrogens (tertiary/aromatic N) is 2. The van der Waals surface area contributed by atoms with Gasteiger partial charge in [0.1, 0.15) is 40.7 Å². The van der Waals surface area contributed by atoms with E-state index >= 15 is 0 Å². The molecule has 1 aromatic rings. The van der Waals surface area contributed by atoms with Gasteiger partial charge in [-0.1, -0.05) is 64.9 Å². The number of methoxy groups -OCH3 is 2. The molecule has 13 nitrogen and oxygen atoms in total. The fraction of sp³-hybridized carbons (Fsp3) is 0.600. The van der Waals surface area contributed by atoms with Gasteiger partial charge in [0.25, 0.3) is 0 Å². The first-order valence-corrected chi connectivity index (χ1v) is 18.7. The maximum Gasteiger partial charge on any atom is 0.409 e. The summed E-state index contributed by atoms with van der Waals surface area (Å²) in [6, 6.07) is 2.45. The first-order chi connectivity index (χ1) is 23.8. The molecule has 2 aliphatic heterocycles. The number of likely N-dealkylation sites (N-methyl/N-ethyl adjacent to an activating group) is 1. The number of hydrogen-bond donors (Lipinski definition) is 4. The number of halogens is 2. The number of alkyl carbamates (subject to hydrolysis) is 1. The normalized spacial score (nSPS) is 31.4. The highest BCUT2D eigenvalue weighted by atomic mass is 127. The molecule has 4 bridgehead atoms. The van der Waals surface area contributed by atoms with Crippen molar-refractivity contribution in [1.29, 1.82) is 0 Å². The van der Waals surface area contributed by atoms with Crippen LogP contribution in [0.3, 0.4) is 0 Å². The largest absolute Gasteiger partial charge is 0.495 e. The molecule has 0 radical (unpaired) electrons. The highest BCUT2D eigenvalue weighted by Crippen LogP contribution is 2.40. The van der Waals surface area contributed by atoms with Crippen LogP contribution in [0.25, 0.3) is 0 Å². The molecule has 1 saturated heterocycles. The molecule has 1 fully saturated rings. The summed E-state index contributed by atoms with van der Waals surface area (Å²) in [6.45, 7) is 6.53. The molecule has 284 valence electrons. The Labute approximate surface area is 323 Å². The third-order valence-electron chi connectivity index (χ3n) is 9.52. The predicted molar refractivity (Wildman–Crippen MR) is 205 cm³/mol. The second-order valence-corrected chi connectivity index (χ2v) is 15.4. The molecule has 0 spiro atoms. The first kappa shape index (κ1) is 42.8. The predicted octanol–water partition coefficient (Wildman–Crippen LogP) is 4.23. The number of ether oxygens (including phenoxy) is 4. The van der Waals surface area contributed by atoms with Gasteiger partial charge in [0.2, 0.25) is 11.8 Å². The fourth-order valence-electron chi connectivity index (χ4n) is 6.07. The van der Waals surface area contributed by atoms with Gasteiger partial charge < -0.3 is 39.0 Å². The van der Waals surface area contributed by atoms with Gasteiger partial charge in [0, 0.05) is 43.9 Å². The van der Waals surface area contributed by atoms with E-state index in [0.717, 1.165) is 11.1 Å². The van der Waals surface area contributed by atoms with Gasteiger partial charge in [-0.3, -0.25) is 14.9 Å². The summed E-state index contributed by atoms with van der Waals surface area (Å²) < 4.78 is 21.9. The highest BCUT2D eigenvalue weighted by Gasteiger charge is 2.52. The quantitative estimate of drug-likeness (QED) is 0.135. The summed E-state index contributed by atoms with van der Waals surface area (Å²) in [5, 5.41) is 26.6. The maximum atomic E-state index is 14.1. The minimum absolute atomic E-state index is 0.0919. The Morgan fingerprint density at radius 3 is 2.55 bits per heavy atom. The molecule has 0 aliphatic carbocycles. The van der Waals surface area contributed by atoms with Crippen LogP contribution >= 0.6 is 46.8 Å². The second-order valence-electron chi connectivity index (χ2n) is 13.3. The molecule has 8 atom stereocenters. The van der Waals surface area contributed by atoms with Crippen LogP contribution in [0.5, 0.6) is 5.75 Å². The summed E-state index contributed by atoms with van der Waals surface area (Å²) in [7, 11) is 5.85. The number of carbonyl (C=O) groups excluding carboxylic acids is 4. The summed E-state index contributed by atoms with van der Waals surface area (Å²) in [5.41, 5.74) is -1.80. The third kappa shape index (κ3) is 10.1. The van der Waals surface area contributed by atoms with Crippen LogP contribution in [0, 0.1) is 5.92 Å². The average Bonchev–Trinajstić information content (AvgIpc) is 3.07. The lowest BCUT2D eigenvalue weighted by Gasteiger charge is -2.45. The smallest absolute Gasteiger partial charge is 0.409 e. The number of anilines is 1. The Hall–Kier alpha value is -2.57. The molecular formula is C35H49ClIN3O10S. The third-order valence-corrected chi connectivity index (χ3v) is 12.5. The number of alkyl halides is 1. The topological polar surface area (TPSA) is 164 Å². The van der Waals surface area contributed by atoms with Crippen LogP contribution in [0.2, 0.25) is 5.02 Å². The molecule has 1 aromatic carbocycles. The van der Waals surface area contributed by atoms with Crippen molar-refractivity contribution in [1.82, 2.24) is 10.2 Å². The molecule has 3 rings (SSSR count). The monoisotopic (exact) mass is 865 g/mol. The summed E-state index contributed by atoms with van der Waals surface area (Å²) in [6.07, 6.45) is 0.832. The van der Waals surface area contributed by atoms with Gasteiger partial charge >= 0.3 is 12.1 Å². The molecule has 3 N–H and O–H groups in total. The van der Waals surface area contributed by atoms with Gasteiger partial charge in [-0.25, -0.2) is 9.59 Å². The molecule has 16 heteroatoms. The number of carbonyl (C=O) groups is 4. The van der Waals surface area contributed by atoms with Crippen LogP contribution in [0.4, 0.5) is 10.5 Å². The number of hydrogen-bond acceptors (Lipinski definition) is 11. The lowest BCUT2D eigenvalue weighted by molar-refractivity contribution is -0.174. The number of thiol groups is 1. The first-order valence-electron chi connectivity index (χ1n) is 16.5. The van der Waals surface area contributed by atoms with Gasteiger partial charge in [-0.05, 0) is 50.6 Å². The molecule has 51 heavy (non-hydrogen) atoms. The number of nitrogens with one attached hydrogen (secondary N) is 1. The van der Waals surface area contributed by atoms with E-state index in [2.05, 4.69) is 17.9 Å². The van der Waals surface area contributed by atoms with E-state index in [-0.39, 0.29) is 29.5 Å². The molecule has 2 aliphatic rings. The fourth-order valence-corrected chi connectivity index (χ4v) is 7.44. The SMILES string of the molecule is COc1cc2cc(c1Cl)N(C)C(=O)C[C@H](OC(=O)C(C)N(C)C(=O)CCS)[C@](C)(O)[C@@H](I)[C@H](C)[C@@H]1C[C@@](O)(NC(=O)O1)[C@H](OC)/C=C/C=C(\C)C2. The maximum absolute atomic E-state index is 14.1. The Kier molecular flexibility index (Phi) is 15.1. The van der Waals surface area contributed by atoms with Gasteiger partial charge in [0.05, 0.1) is 19.2 Å². The number of benzene rings is 1. The van der Waals surface area contributed by atoms with Crippen molar-refractivity contribution < 1.29 is 48.3 Å². The molecule has 1 unspecified atom stereocenters. The number of esters is 1. The molecule has 0 aromatic heterocycles. The molecular weight excluding hydrogens is 817 g/mol. The van der Waals surface area contributed by atoms with Crippen molar-refractivity contribution in [3.63, 3.8) is 0 Å². The van der Waals surface area contributed by atoms with E-state index in [0.29, 0.717) is 17.9 Å². The van der Waals surface area contributed by atoms with E-state index in [1.807, 2.05) is 35.6 Å². The lowest BCUT2D eigenvalue weighted by Crippen LogP contribution is -2.64. The van der Waals surface area contributed by atoms with Crippen LogP contribution in [0.15, 0.2) is 35.9 Å². The van der Waals surface area contributed by atoms with E-state index in [1.54, 1.807) is 31.2 Å². The zero-order valence-electron chi connectivity index (χ0n) is 30.1. The summed E-state index contributed by atoms with van der Waals surface area (Å²) in [5.74, 6) is -1.78. The van der Waals surface area contributed by atoms with Crippen molar-refractivity contribution in [2.75, 3.05) is 39.0 Å². The van der Waals surface area contributed by atoms with Gasteiger partial charge in [-0.2, -0.15) is 12.6 Å². The van der Waals surface area contributed by atoms with E-state index in [1.165, 1.54) is 52.0 Å². The van der Waals surface area contributed by atoms with Crippen molar-refractivity contribution in [2.24, 2.45) is 5.92 Å². The molecule has 3 amide bonds. The minimum Gasteiger partial charge on any atom is -0.495 e. The Morgan fingerprint density at radius 1 is 1.27 bits per heavy atom. The van der Waals surface area contributed by atoms with Crippen molar-refractivity contribution in [2.45, 2.75) is 93.0 Å². The number of fused-ring (bicyclic) bond motifs is 4. The number of allylic oxidation sites excluding steroid dienone is 3. The zero-order valence-corrected chi connectivity index (χ0v) is 34.0. The van der Waals surface area contributed by atoms with Crippen LogP contribution in [0.1, 0.15) is 52.5 Å². The Bertz CT molecular complexity index is 1530. The summed E-state index contributed by atoms with van der Waals surface area (Å²) >= 11 is 12.8. The lowest BCUT2D eigenvalue weighted by atomic mass is 9.81. The van der Waals surface area contributed by atoms with E-state index in [4.69, 9.17) is 30.5 Å². The van der Waals surface area contributed by atoms with Crippen molar-refractivity contribution >= 4 is 76.4 Å². The number of aliphatic hydroxyl groups is 2. The Morgan fingerprint density at radius 2 is 1.94 bits per heavy atom. The van der Waals surface area contributed by atoms with E-state index < -0.39 is 69.9 Å². The average molecular weight is 866 g/mol. The minimum atomic E-state index is -1.93. The zero-order chi connectivity index (χ0) is 38.4. The molecule has 0 saturated carbocycles. The van der Waals surface area contributed by atoms with Crippen LogP contribution in [-0.2, 0) is 35.0 Å². The highest BCUT2D eigenvalue weighted by molar-refractivity contribution is 14.1. The Balaban J connectivity index is 2.18. The standard InChI is InChI=1S/C35H49ClIN3O10S/c1-19-10-9-11-26(48-8)35(46)18-25(49-33(44)38-35)20(2)31(37)34(4,45)27(50-32(43)21(3)39(5)28(41)12-13-51)17-29(42)40(6)23-15-22(14-19)16-24(47-7)30(23)36/h9-11,15-16,20-21,25-27,31,45-46,51H,12-14,17-18H2,1-8H3,(H,38,44)/b11-9+,19-10+/t20-,21?,25+,26-,27+,31+,34+,35+/m1/s1. The second kappa shape index (κ2) is 18.0.